The summed E-state index contributed by atoms with van der Waals surface area (Å²) >= 11 is 0. The fourth-order valence-corrected chi connectivity index (χ4v) is 1.72. The normalized spacial score (nSPS) is 16.1. The van der Waals surface area contributed by atoms with Crippen LogP contribution < -0.4 is 4.90 Å². The molecule has 0 radical (unpaired) electrons. The van der Waals surface area contributed by atoms with Crippen LogP contribution in [0.2, 0.25) is 0 Å². The number of aromatic nitrogens is 2. The van der Waals surface area contributed by atoms with Crippen molar-refractivity contribution in [1.82, 2.24) is 9.78 Å². The predicted octanol–water partition coefficient (Wildman–Crippen LogP) is 2.44. The van der Waals surface area contributed by atoms with E-state index in [4.69, 9.17) is 0 Å². The molecule has 1 saturated heterocycles. The van der Waals surface area contributed by atoms with Gasteiger partial charge in [0.1, 0.15) is 0 Å². The lowest BCUT2D eigenvalue weighted by Crippen LogP contribution is -2.28. The average molecular weight is 195 g/mol. The van der Waals surface area contributed by atoms with Crippen LogP contribution in [0.5, 0.6) is 0 Å². The second-order valence-corrected chi connectivity index (χ2v) is 3.42. The maximum absolute atomic E-state index is 4.17. The van der Waals surface area contributed by atoms with Crippen LogP contribution in [0.1, 0.15) is 33.1 Å². The Morgan fingerprint density at radius 1 is 1.14 bits per heavy atom. The number of anilines is 1. The van der Waals surface area contributed by atoms with E-state index >= 15 is 0 Å². The lowest BCUT2D eigenvalue weighted by atomic mass is 10.1. The van der Waals surface area contributed by atoms with Crippen LogP contribution >= 0.6 is 0 Å². The maximum atomic E-state index is 4.17. The van der Waals surface area contributed by atoms with Gasteiger partial charge in [-0.05, 0) is 19.3 Å². The summed E-state index contributed by atoms with van der Waals surface area (Å²) in [5, 5.41) is 4.17. The Morgan fingerprint density at radius 2 is 1.79 bits per heavy atom. The molecule has 0 saturated carbocycles. The number of aryl methyl sites for hydroxylation is 1. The molecule has 14 heavy (non-hydrogen) atoms. The van der Waals surface area contributed by atoms with Gasteiger partial charge in [-0.1, -0.05) is 13.8 Å². The third-order valence-electron chi connectivity index (χ3n) is 2.41. The summed E-state index contributed by atoms with van der Waals surface area (Å²) in [5.41, 5.74) is 1.28. The zero-order chi connectivity index (χ0) is 10.4. The molecule has 0 amide bonds. The van der Waals surface area contributed by atoms with Gasteiger partial charge in [-0.2, -0.15) is 5.10 Å². The lowest BCUT2D eigenvalue weighted by molar-refractivity contribution is 0.577. The number of piperidine rings is 1. The Kier molecular flexibility index (Phi) is 4.50. The zero-order valence-corrected chi connectivity index (χ0v) is 9.53. The molecule has 0 bridgehead atoms. The zero-order valence-electron chi connectivity index (χ0n) is 9.53. The number of rotatable bonds is 1. The fourth-order valence-electron chi connectivity index (χ4n) is 1.72. The summed E-state index contributed by atoms with van der Waals surface area (Å²) < 4.78 is 1.87. The predicted molar refractivity (Wildman–Crippen MR) is 60.6 cm³/mol. The van der Waals surface area contributed by atoms with Gasteiger partial charge in [0.2, 0.25) is 0 Å². The van der Waals surface area contributed by atoms with Crippen molar-refractivity contribution >= 4 is 5.69 Å². The van der Waals surface area contributed by atoms with E-state index in [0.717, 1.165) is 0 Å². The SMILES string of the molecule is CC.Cn1cc(N2CCCCC2)cn1. The summed E-state index contributed by atoms with van der Waals surface area (Å²) in [6.45, 7) is 6.40. The average Bonchev–Trinajstić information content (AvgIpc) is 2.69. The Bertz CT molecular complexity index is 249. The van der Waals surface area contributed by atoms with Crippen molar-refractivity contribution in [1.29, 1.82) is 0 Å². The van der Waals surface area contributed by atoms with E-state index in [9.17, 15) is 0 Å². The number of hydrogen-bond acceptors (Lipinski definition) is 2. The van der Waals surface area contributed by atoms with Crippen molar-refractivity contribution in [3.8, 4) is 0 Å². The molecule has 2 rings (SSSR count). The summed E-state index contributed by atoms with van der Waals surface area (Å²) in [7, 11) is 1.97. The van der Waals surface area contributed by atoms with E-state index in [1.54, 1.807) is 0 Å². The van der Waals surface area contributed by atoms with Crippen molar-refractivity contribution in [3.63, 3.8) is 0 Å². The summed E-state index contributed by atoms with van der Waals surface area (Å²) in [5.74, 6) is 0. The van der Waals surface area contributed by atoms with Crippen molar-refractivity contribution in [2.45, 2.75) is 33.1 Å². The molecular formula is C11H21N3. The third kappa shape index (κ3) is 2.76. The Balaban J connectivity index is 0.000000461. The topological polar surface area (TPSA) is 21.1 Å². The van der Waals surface area contributed by atoms with Crippen LogP contribution in [0.25, 0.3) is 0 Å². The summed E-state index contributed by atoms with van der Waals surface area (Å²) in [6.07, 6.45) is 8.08. The van der Waals surface area contributed by atoms with Crippen LogP contribution in [0.3, 0.4) is 0 Å². The second-order valence-electron chi connectivity index (χ2n) is 3.42. The Hall–Kier alpha value is -0.990. The highest BCUT2D eigenvalue weighted by Gasteiger charge is 2.11. The van der Waals surface area contributed by atoms with Gasteiger partial charge in [0.05, 0.1) is 11.9 Å². The molecule has 0 atom stereocenters. The van der Waals surface area contributed by atoms with Gasteiger partial charge in [-0.15, -0.1) is 0 Å². The molecular weight excluding hydrogens is 174 g/mol. The minimum absolute atomic E-state index is 1.20. The molecule has 0 unspecified atom stereocenters. The Labute approximate surface area is 86.7 Å². The number of hydrogen-bond donors (Lipinski definition) is 0. The first-order chi connectivity index (χ1) is 6.86. The van der Waals surface area contributed by atoms with Crippen LogP contribution in [0.15, 0.2) is 12.4 Å². The van der Waals surface area contributed by atoms with Gasteiger partial charge in [0.25, 0.3) is 0 Å². The van der Waals surface area contributed by atoms with E-state index < -0.39 is 0 Å². The first-order valence-electron chi connectivity index (χ1n) is 5.60. The summed E-state index contributed by atoms with van der Waals surface area (Å²) in [6, 6.07) is 0. The molecule has 0 aliphatic carbocycles. The molecule has 0 N–H and O–H groups in total. The lowest BCUT2D eigenvalue weighted by Gasteiger charge is -2.26. The molecule has 1 aromatic rings. The molecule has 3 heteroatoms. The Morgan fingerprint density at radius 3 is 2.29 bits per heavy atom. The van der Waals surface area contributed by atoms with Crippen LogP contribution in [-0.2, 0) is 7.05 Å². The van der Waals surface area contributed by atoms with Crippen LogP contribution in [0.4, 0.5) is 5.69 Å². The highest BCUT2D eigenvalue weighted by Crippen LogP contribution is 2.17. The summed E-state index contributed by atoms with van der Waals surface area (Å²) in [4.78, 5) is 2.41. The molecule has 0 aromatic carbocycles. The molecule has 0 spiro atoms. The first-order valence-corrected chi connectivity index (χ1v) is 5.60. The van der Waals surface area contributed by atoms with Crippen molar-refractivity contribution in [2.24, 2.45) is 7.05 Å². The van der Waals surface area contributed by atoms with E-state index in [2.05, 4.69) is 16.2 Å². The molecule has 1 aliphatic rings. The smallest absolute Gasteiger partial charge is 0.0752 e. The number of nitrogens with zero attached hydrogens (tertiary/aromatic N) is 3. The van der Waals surface area contributed by atoms with Crippen molar-refractivity contribution < 1.29 is 0 Å². The van der Waals surface area contributed by atoms with E-state index in [1.807, 2.05) is 31.8 Å². The maximum Gasteiger partial charge on any atom is 0.0752 e. The van der Waals surface area contributed by atoms with Crippen LogP contribution in [0, 0.1) is 0 Å². The molecule has 2 heterocycles. The van der Waals surface area contributed by atoms with E-state index in [0.29, 0.717) is 0 Å². The van der Waals surface area contributed by atoms with E-state index in [1.165, 1.54) is 38.0 Å². The molecule has 80 valence electrons. The monoisotopic (exact) mass is 195 g/mol. The van der Waals surface area contributed by atoms with E-state index in [-0.39, 0.29) is 0 Å². The minimum atomic E-state index is 1.20. The van der Waals surface area contributed by atoms with Crippen LogP contribution in [-0.4, -0.2) is 22.9 Å². The standard InChI is InChI=1S/C9H15N3.C2H6/c1-11-8-9(7-10-11)12-5-3-2-4-6-12;1-2/h7-8H,2-6H2,1H3;1-2H3. The van der Waals surface area contributed by atoms with Gasteiger partial charge in [-0.3, -0.25) is 4.68 Å². The molecule has 1 aromatic heterocycles. The fraction of sp³-hybridized carbons (Fsp3) is 0.727. The molecule has 1 fully saturated rings. The highest BCUT2D eigenvalue weighted by atomic mass is 15.3. The quantitative estimate of drug-likeness (QED) is 0.686. The second kappa shape index (κ2) is 5.68. The van der Waals surface area contributed by atoms with Gasteiger partial charge in [-0.25, -0.2) is 0 Å². The van der Waals surface area contributed by atoms with Crippen molar-refractivity contribution in [3.05, 3.63) is 12.4 Å². The molecule has 1 aliphatic heterocycles. The van der Waals surface area contributed by atoms with Gasteiger partial charge in [0.15, 0.2) is 0 Å². The molecule has 3 nitrogen and oxygen atoms in total. The third-order valence-corrected chi connectivity index (χ3v) is 2.41. The van der Waals surface area contributed by atoms with Gasteiger partial charge < -0.3 is 4.90 Å². The minimum Gasteiger partial charge on any atom is -0.369 e. The van der Waals surface area contributed by atoms with Crippen molar-refractivity contribution in [2.75, 3.05) is 18.0 Å². The van der Waals surface area contributed by atoms with Gasteiger partial charge in [0, 0.05) is 26.3 Å². The first kappa shape index (κ1) is 11.1. The largest absolute Gasteiger partial charge is 0.369 e. The highest BCUT2D eigenvalue weighted by molar-refractivity contribution is 5.42. The van der Waals surface area contributed by atoms with Gasteiger partial charge >= 0.3 is 0 Å².